The van der Waals surface area contributed by atoms with E-state index in [1.807, 2.05) is 0 Å². The molecule has 2 aliphatic heterocycles. The average Bonchev–Trinajstić information content (AvgIpc) is 2.34. The number of nitrogens with one attached hydrogen (secondary N) is 1. The van der Waals surface area contributed by atoms with Crippen molar-refractivity contribution < 1.29 is 9.53 Å². The molecular weight excluding hydrogens is 162 g/mol. The molecule has 0 aromatic heterocycles. The van der Waals surface area contributed by atoms with Gasteiger partial charge in [0, 0.05) is 12.8 Å². The van der Waals surface area contributed by atoms with Crippen molar-refractivity contribution in [2.45, 2.75) is 17.8 Å². The Morgan fingerprint density at radius 2 is 2.18 bits per heavy atom. The molecule has 2 rings (SSSR count). The summed E-state index contributed by atoms with van der Waals surface area (Å²) < 4.78 is 5.27. The molecule has 0 radical (unpaired) electrons. The topological polar surface area (TPSA) is 38.3 Å². The number of hydrogen-bond donors (Lipinski definition) is 1. The first-order chi connectivity index (χ1) is 5.31. The van der Waals surface area contributed by atoms with E-state index in [-0.39, 0.29) is 10.9 Å². The molecule has 0 aliphatic carbocycles. The van der Waals surface area contributed by atoms with Gasteiger partial charge in [0.25, 0.3) is 0 Å². The van der Waals surface area contributed by atoms with E-state index in [2.05, 4.69) is 5.32 Å². The highest BCUT2D eigenvalue weighted by Gasteiger charge is 2.41. The Labute approximate surface area is 69.9 Å². The predicted molar refractivity (Wildman–Crippen MR) is 43.4 cm³/mol. The number of carbonyl (C=O) groups is 1. The van der Waals surface area contributed by atoms with Gasteiger partial charge in [-0.15, -0.1) is 11.8 Å². The second kappa shape index (κ2) is 2.68. The molecule has 3 nitrogen and oxygen atoms in total. The van der Waals surface area contributed by atoms with Gasteiger partial charge in [-0.25, -0.2) is 0 Å². The van der Waals surface area contributed by atoms with Gasteiger partial charge in [-0.3, -0.25) is 4.79 Å². The first-order valence-electron chi connectivity index (χ1n) is 3.87. The van der Waals surface area contributed by atoms with E-state index < -0.39 is 0 Å². The minimum Gasteiger partial charge on any atom is -0.447 e. The summed E-state index contributed by atoms with van der Waals surface area (Å²) in [5, 5.41) is 3.25. The van der Waals surface area contributed by atoms with Gasteiger partial charge in [0.15, 0.2) is 4.93 Å². The highest BCUT2D eigenvalue weighted by Crippen LogP contribution is 2.40. The van der Waals surface area contributed by atoms with Gasteiger partial charge in [0.1, 0.15) is 0 Å². The SMILES string of the molecule is O=C1CSC2(CCNCC2)O1. The van der Waals surface area contributed by atoms with Crippen LogP contribution >= 0.6 is 11.8 Å². The van der Waals surface area contributed by atoms with Crippen molar-refractivity contribution in [3.8, 4) is 0 Å². The fraction of sp³-hybridized carbons (Fsp3) is 0.857. The summed E-state index contributed by atoms with van der Waals surface area (Å²) in [6, 6.07) is 0. The van der Waals surface area contributed by atoms with Crippen molar-refractivity contribution in [2.75, 3.05) is 18.8 Å². The quantitative estimate of drug-likeness (QED) is 0.537. The zero-order valence-corrected chi connectivity index (χ0v) is 7.08. The Balaban J connectivity index is 2.03. The van der Waals surface area contributed by atoms with Crippen molar-refractivity contribution in [3.05, 3.63) is 0 Å². The largest absolute Gasteiger partial charge is 0.447 e. The van der Waals surface area contributed by atoms with Crippen LogP contribution in [-0.4, -0.2) is 29.7 Å². The predicted octanol–water partition coefficient (Wildman–Crippen LogP) is 0.356. The highest BCUT2D eigenvalue weighted by molar-refractivity contribution is 8.01. The summed E-state index contributed by atoms with van der Waals surface area (Å²) in [5.74, 6) is 0.497. The monoisotopic (exact) mass is 173 g/mol. The number of hydrogen-bond acceptors (Lipinski definition) is 4. The smallest absolute Gasteiger partial charge is 0.317 e. The third-order valence-corrected chi connectivity index (χ3v) is 3.52. The summed E-state index contributed by atoms with van der Waals surface area (Å²) in [5.41, 5.74) is 0. The molecule has 0 saturated carbocycles. The maximum Gasteiger partial charge on any atom is 0.317 e. The molecular formula is C7H11NO2S. The van der Waals surface area contributed by atoms with Crippen LogP contribution in [0.3, 0.4) is 0 Å². The van der Waals surface area contributed by atoms with Crippen LogP contribution in [0.25, 0.3) is 0 Å². The third-order valence-electron chi connectivity index (χ3n) is 2.12. The summed E-state index contributed by atoms with van der Waals surface area (Å²) in [6.07, 6.45) is 1.92. The number of piperidine rings is 1. The lowest BCUT2D eigenvalue weighted by molar-refractivity contribution is -0.146. The summed E-state index contributed by atoms with van der Waals surface area (Å²) >= 11 is 1.66. The van der Waals surface area contributed by atoms with Crippen LogP contribution in [0.15, 0.2) is 0 Å². The van der Waals surface area contributed by atoms with Crippen LogP contribution in [0.5, 0.6) is 0 Å². The average molecular weight is 173 g/mol. The Hall–Kier alpha value is -0.220. The maximum atomic E-state index is 10.9. The van der Waals surface area contributed by atoms with Gasteiger partial charge in [-0.2, -0.15) is 0 Å². The van der Waals surface area contributed by atoms with E-state index in [1.54, 1.807) is 11.8 Å². The molecule has 0 atom stereocenters. The molecule has 11 heavy (non-hydrogen) atoms. The molecule has 0 amide bonds. The van der Waals surface area contributed by atoms with E-state index in [0.29, 0.717) is 5.75 Å². The molecule has 0 unspecified atom stereocenters. The lowest BCUT2D eigenvalue weighted by Crippen LogP contribution is -2.39. The number of esters is 1. The van der Waals surface area contributed by atoms with Crippen LogP contribution in [0.1, 0.15) is 12.8 Å². The highest BCUT2D eigenvalue weighted by atomic mass is 32.2. The first kappa shape index (κ1) is 7.43. The number of carbonyl (C=O) groups excluding carboxylic acids is 1. The van der Waals surface area contributed by atoms with E-state index in [1.165, 1.54) is 0 Å². The Morgan fingerprint density at radius 3 is 2.73 bits per heavy atom. The van der Waals surface area contributed by atoms with Crippen LogP contribution < -0.4 is 5.32 Å². The van der Waals surface area contributed by atoms with Crippen LogP contribution in [0, 0.1) is 0 Å². The van der Waals surface area contributed by atoms with Crippen LogP contribution in [0.4, 0.5) is 0 Å². The van der Waals surface area contributed by atoms with Crippen LogP contribution in [-0.2, 0) is 9.53 Å². The second-order valence-electron chi connectivity index (χ2n) is 2.92. The molecule has 4 heteroatoms. The van der Waals surface area contributed by atoms with E-state index in [0.717, 1.165) is 25.9 Å². The standard InChI is InChI=1S/C7H11NO2S/c9-6-5-11-7(10-6)1-3-8-4-2-7/h8H,1-5H2. The minimum absolute atomic E-state index is 0.0445. The number of ether oxygens (including phenoxy) is 1. The zero-order valence-electron chi connectivity index (χ0n) is 6.26. The Bertz CT molecular complexity index is 177. The van der Waals surface area contributed by atoms with Crippen molar-refractivity contribution in [3.63, 3.8) is 0 Å². The first-order valence-corrected chi connectivity index (χ1v) is 4.86. The lowest BCUT2D eigenvalue weighted by atomic mass is 10.1. The summed E-state index contributed by atoms with van der Waals surface area (Å²) in [7, 11) is 0. The van der Waals surface area contributed by atoms with E-state index in [9.17, 15) is 4.79 Å². The fourth-order valence-corrected chi connectivity index (χ4v) is 2.60. The van der Waals surface area contributed by atoms with E-state index >= 15 is 0 Å². The van der Waals surface area contributed by atoms with Crippen LogP contribution in [0.2, 0.25) is 0 Å². The van der Waals surface area contributed by atoms with E-state index in [4.69, 9.17) is 4.74 Å². The van der Waals surface area contributed by atoms with Crippen molar-refractivity contribution >= 4 is 17.7 Å². The van der Waals surface area contributed by atoms with Gasteiger partial charge in [0.2, 0.25) is 0 Å². The Morgan fingerprint density at radius 1 is 1.45 bits per heavy atom. The molecule has 2 fully saturated rings. The van der Waals surface area contributed by atoms with Crippen molar-refractivity contribution in [1.29, 1.82) is 0 Å². The molecule has 1 N–H and O–H groups in total. The van der Waals surface area contributed by atoms with Gasteiger partial charge in [-0.1, -0.05) is 0 Å². The van der Waals surface area contributed by atoms with Crippen molar-refractivity contribution in [1.82, 2.24) is 5.32 Å². The minimum atomic E-state index is -0.150. The van der Waals surface area contributed by atoms with Crippen molar-refractivity contribution in [2.24, 2.45) is 0 Å². The second-order valence-corrected chi connectivity index (χ2v) is 4.24. The van der Waals surface area contributed by atoms with Gasteiger partial charge in [0.05, 0.1) is 5.75 Å². The lowest BCUT2D eigenvalue weighted by Gasteiger charge is -2.30. The van der Waals surface area contributed by atoms with Gasteiger partial charge in [-0.05, 0) is 13.1 Å². The fourth-order valence-electron chi connectivity index (χ4n) is 1.51. The number of thioether (sulfide) groups is 1. The molecule has 0 aromatic carbocycles. The summed E-state index contributed by atoms with van der Waals surface area (Å²) in [6.45, 7) is 1.94. The third kappa shape index (κ3) is 1.37. The maximum absolute atomic E-state index is 10.9. The molecule has 62 valence electrons. The molecule has 0 aromatic rings. The molecule has 2 saturated heterocycles. The zero-order chi connectivity index (χ0) is 7.73. The Kier molecular flexibility index (Phi) is 1.81. The molecule has 2 aliphatic rings. The molecule has 2 heterocycles. The van der Waals surface area contributed by atoms with Gasteiger partial charge >= 0.3 is 5.97 Å². The normalized spacial score (nSPS) is 28.9. The number of rotatable bonds is 0. The molecule has 1 spiro atoms. The summed E-state index contributed by atoms with van der Waals surface area (Å²) in [4.78, 5) is 10.7. The molecule has 0 bridgehead atoms. The van der Waals surface area contributed by atoms with Gasteiger partial charge < -0.3 is 10.1 Å².